The maximum Gasteiger partial charge on any atom is 0.0897 e. The Labute approximate surface area is 87.3 Å². The highest BCUT2D eigenvalue weighted by atomic mass is 35.5. The normalized spacial score (nSPS) is 13.3. The van der Waals surface area contributed by atoms with Crippen LogP contribution in [0.4, 0.5) is 0 Å². The van der Waals surface area contributed by atoms with Crippen LogP contribution in [0.1, 0.15) is 27.8 Å². The molecule has 0 aliphatic rings. The molecule has 74 valence electrons. The Bertz CT molecular complexity index is 298. The summed E-state index contributed by atoms with van der Waals surface area (Å²) in [5.41, 5.74) is 6.36. The van der Waals surface area contributed by atoms with E-state index in [1.165, 1.54) is 0 Å². The molecule has 1 unspecified atom stereocenters. The molecule has 3 N–H and O–H groups in total. The van der Waals surface area contributed by atoms with E-state index in [1.54, 1.807) is 11.3 Å². The number of aryl methyl sites for hydroxylation is 1. The molecular formula is C9H14ClNOS. The van der Waals surface area contributed by atoms with Crippen molar-refractivity contribution < 1.29 is 5.11 Å². The molecular weight excluding hydrogens is 206 g/mol. The zero-order valence-electron chi connectivity index (χ0n) is 7.80. The van der Waals surface area contributed by atoms with E-state index >= 15 is 0 Å². The third-order valence-corrected chi connectivity index (χ3v) is 4.00. The van der Waals surface area contributed by atoms with E-state index in [0.29, 0.717) is 13.0 Å². The van der Waals surface area contributed by atoms with Gasteiger partial charge in [-0.15, -0.1) is 11.3 Å². The minimum Gasteiger partial charge on any atom is -0.388 e. The molecule has 13 heavy (non-hydrogen) atoms. The summed E-state index contributed by atoms with van der Waals surface area (Å²) in [6, 6.07) is 0. The predicted octanol–water partition coefficient (Wildman–Crippen LogP) is 2.40. The number of nitrogens with two attached hydrogens (primary N) is 1. The van der Waals surface area contributed by atoms with Crippen LogP contribution >= 0.6 is 22.9 Å². The Kier molecular flexibility index (Phi) is 3.74. The maximum absolute atomic E-state index is 9.71. The highest BCUT2D eigenvalue weighted by Gasteiger charge is 2.16. The summed E-state index contributed by atoms with van der Waals surface area (Å²) in [4.78, 5) is 2.01. The molecule has 0 saturated heterocycles. The van der Waals surface area contributed by atoms with Crippen LogP contribution in [0.15, 0.2) is 0 Å². The van der Waals surface area contributed by atoms with Crippen LogP contribution in [0.3, 0.4) is 0 Å². The van der Waals surface area contributed by atoms with Gasteiger partial charge >= 0.3 is 0 Å². The van der Waals surface area contributed by atoms with Crippen LogP contribution in [-0.4, -0.2) is 11.7 Å². The van der Waals surface area contributed by atoms with Gasteiger partial charge in [-0.05, 0) is 32.4 Å². The molecule has 0 amide bonds. The topological polar surface area (TPSA) is 46.2 Å². The van der Waals surface area contributed by atoms with Crippen LogP contribution in [0, 0.1) is 13.8 Å². The van der Waals surface area contributed by atoms with Crippen LogP contribution in [0.2, 0.25) is 5.02 Å². The first-order chi connectivity index (χ1) is 6.07. The van der Waals surface area contributed by atoms with Crippen molar-refractivity contribution in [2.45, 2.75) is 26.4 Å². The lowest BCUT2D eigenvalue weighted by molar-refractivity contribution is 0.173. The smallest absolute Gasteiger partial charge is 0.0897 e. The number of hydrogen-bond donors (Lipinski definition) is 2. The summed E-state index contributed by atoms with van der Waals surface area (Å²) in [7, 11) is 0. The van der Waals surface area contributed by atoms with Crippen molar-refractivity contribution in [2.24, 2.45) is 5.73 Å². The summed E-state index contributed by atoms with van der Waals surface area (Å²) in [5, 5.41) is 10.5. The molecule has 1 aromatic rings. The van der Waals surface area contributed by atoms with Crippen LogP contribution in [0.25, 0.3) is 0 Å². The monoisotopic (exact) mass is 219 g/mol. The van der Waals surface area contributed by atoms with Gasteiger partial charge in [-0.25, -0.2) is 0 Å². The third kappa shape index (κ3) is 2.23. The first kappa shape index (κ1) is 11.0. The van der Waals surface area contributed by atoms with Crippen molar-refractivity contribution in [3.05, 3.63) is 20.3 Å². The SMILES string of the molecule is Cc1sc(C(O)CCN)c(C)c1Cl. The van der Waals surface area contributed by atoms with Gasteiger partial charge in [0.2, 0.25) is 0 Å². The van der Waals surface area contributed by atoms with Gasteiger partial charge in [-0.1, -0.05) is 11.6 Å². The zero-order valence-corrected chi connectivity index (χ0v) is 9.37. The van der Waals surface area contributed by atoms with E-state index in [0.717, 1.165) is 20.3 Å². The molecule has 0 radical (unpaired) electrons. The highest BCUT2D eigenvalue weighted by Crippen LogP contribution is 2.36. The average Bonchev–Trinajstić information content (AvgIpc) is 2.33. The van der Waals surface area contributed by atoms with Crippen molar-refractivity contribution in [1.82, 2.24) is 0 Å². The van der Waals surface area contributed by atoms with Gasteiger partial charge in [0.1, 0.15) is 0 Å². The minimum atomic E-state index is -0.457. The summed E-state index contributed by atoms with van der Waals surface area (Å²) in [6.45, 7) is 4.38. The first-order valence-corrected chi connectivity index (χ1v) is 5.41. The molecule has 0 aliphatic heterocycles. The average molecular weight is 220 g/mol. The van der Waals surface area contributed by atoms with Crippen molar-refractivity contribution in [3.63, 3.8) is 0 Å². The molecule has 4 heteroatoms. The van der Waals surface area contributed by atoms with E-state index < -0.39 is 6.10 Å². The fourth-order valence-corrected chi connectivity index (χ4v) is 2.62. The van der Waals surface area contributed by atoms with Gasteiger partial charge in [0, 0.05) is 9.75 Å². The summed E-state index contributed by atoms with van der Waals surface area (Å²) in [6.07, 6.45) is 0.137. The summed E-state index contributed by atoms with van der Waals surface area (Å²) < 4.78 is 0. The van der Waals surface area contributed by atoms with E-state index in [-0.39, 0.29) is 0 Å². The number of aliphatic hydroxyl groups is 1. The minimum absolute atomic E-state index is 0.457. The number of thiophene rings is 1. The Morgan fingerprint density at radius 1 is 1.54 bits per heavy atom. The maximum atomic E-state index is 9.71. The lowest BCUT2D eigenvalue weighted by Crippen LogP contribution is -2.06. The second-order valence-electron chi connectivity index (χ2n) is 3.05. The van der Waals surface area contributed by atoms with E-state index in [9.17, 15) is 5.11 Å². The van der Waals surface area contributed by atoms with E-state index in [2.05, 4.69) is 0 Å². The third-order valence-electron chi connectivity index (χ3n) is 2.01. The first-order valence-electron chi connectivity index (χ1n) is 4.21. The number of hydrogen-bond acceptors (Lipinski definition) is 3. The fourth-order valence-electron chi connectivity index (χ4n) is 1.27. The largest absolute Gasteiger partial charge is 0.388 e. The molecule has 1 aromatic heterocycles. The lowest BCUT2D eigenvalue weighted by Gasteiger charge is -2.07. The fraction of sp³-hybridized carbons (Fsp3) is 0.556. The van der Waals surface area contributed by atoms with E-state index in [1.807, 2.05) is 13.8 Å². The molecule has 1 heterocycles. The Hall–Kier alpha value is -0.0900. The van der Waals surface area contributed by atoms with E-state index in [4.69, 9.17) is 17.3 Å². The molecule has 0 spiro atoms. The number of halogens is 1. The number of rotatable bonds is 3. The Balaban J connectivity index is 2.94. The van der Waals surface area contributed by atoms with Gasteiger partial charge in [0.05, 0.1) is 11.1 Å². The molecule has 1 rings (SSSR count). The van der Waals surface area contributed by atoms with Crippen molar-refractivity contribution in [3.8, 4) is 0 Å². The Morgan fingerprint density at radius 3 is 2.54 bits per heavy atom. The lowest BCUT2D eigenvalue weighted by atomic mass is 10.1. The standard InChI is InChI=1S/C9H14ClNOS/c1-5-8(10)6(2)13-9(5)7(12)3-4-11/h7,12H,3-4,11H2,1-2H3. The second-order valence-corrected chi connectivity index (χ2v) is 4.69. The number of aliphatic hydroxyl groups excluding tert-OH is 1. The van der Waals surface area contributed by atoms with Gasteiger partial charge in [-0.3, -0.25) is 0 Å². The van der Waals surface area contributed by atoms with Gasteiger partial charge in [-0.2, -0.15) is 0 Å². The quantitative estimate of drug-likeness (QED) is 0.820. The molecule has 0 aliphatic carbocycles. The molecule has 0 aromatic carbocycles. The zero-order chi connectivity index (χ0) is 10.0. The van der Waals surface area contributed by atoms with Gasteiger partial charge in [0.15, 0.2) is 0 Å². The van der Waals surface area contributed by atoms with Crippen LogP contribution in [0.5, 0.6) is 0 Å². The molecule has 0 bridgehead atoms. The van der Waals surface area contributed by atoms with Crippen molar-refractivity contribution in [2.75, 3.05) is 6.54 Å². The van der Waals surface area contributed by atoms with Crippen LogP contribution < -0.4 is 5.73 Å². The molecule has 2 nitrogen and oxygen atoms in total. The van der Waals surface area contributed by atoms with Crippen molar-refractivity contribution in [1.29, 1.82) is 0 Å². The molecule has 0 fully saturated rings. The van der Waals surface area contributed by atoms with Gasteiger partial charge < -0.3 is 10.8 Å². The summed E-state index contributed by atoms with van der Waals surface area (Å²) in [5.74, 6) is 0. The molecule has 0 saturated carbocycles. The van der Waals surface area contributed by atoms with Crippen LogP contribution in [-0.2, 0) is 0 Å². The summed E-state index contributed by atoms with van der Waals surface area (Å²) >= 11 is 7.56. The van der Waals surface area contributed by atoms with Gasteiger partial charge in [0.25, 0.3) is 0 Å². The predicted molar refractivity (Wildman–Crippen MR) is 57.4 cm³/mol. The second kappa shape index (κ2) is 4.42. The van der Waals surface area contributed by atoms with Crippen molar-refractivity contribution >= 4 is 22.9 Å². The molecule has 1 atom stereocenters. The Morgan fingerprint density at radius 2 is 2.15 bits per heavy atom. The highest BCUT2D eigenvalue weighted by molar-refractivity contribution is 7.12.